The Morgan fingerprint density at radius 3 is 2.47 bits per heavy atom. The molecule has 2 N–H and O–H groups in total. The zero-order valence-electron chi connectivity index (χ0n) is 18.1. The number of benzene rings is 2. The monoisotopic (exact) mass is 415 g/mol. The second-order valence-electron chi connectivity index (χ2n) is 6.57. The van der Waals surface area contributed by atoms with Crippen LogP contribution in [0.3, 0.4) is 0 Å². The van der Waals surface area contributed by atoms with Gasteiger partial charge in [0, 0.05) is 33.9 Å². The first-order chi connectivity index (χ1) is 14.8. The fourth-order valence-electron chi connectivity index (χ4n) is 2.71. The average Bonchev–Trinajstić information content (AvgIpc) is 2.80. The van der Waals surface area contributed by atoms with Gasteiger partial charge in [-0.3, -0.25) is 4.99 Å². The molecule has 0 amide bonds. The molecular formula is C23H33N3O4. The minimum absolute atomic E-state index is 0.501. The number of hydrogen-bond acceptors (Lipinski definition) is 5. The summed E-state index contributed by atoms with van der Waals surface area (Å²) in [7, 11) is 5.07. The number of guanidine groups is 1. The lowest BCUT2D eigenvalue weighted by Crippen LogP contribution is -2.37. The third-order valence-electron chi connectivity index (χ3n) is 4.34. The van der Waals surface area contributed by atoms with E-state index < -0.39 is 0 Å². The number of hydrogen-bond donors (Lipinski definition) is 2. The van der Waals surface area contributed by atoms with Crippen molar-refractivity contribution in [2.45, 2.75) is 19.6 Å². The Balaban J connectivity index is 1.77. The largest absolute Gasteiger partial charge is 0.493 e. The van der Waals surface area contributed by atoms with Crippen molar-refractivity contribution >= 4 is 5.96 Å². The van der Waals surface area contributed by atoms with Crippen LogP contribution in [0, 0.1) is 0 Å². The molecule has 0 heterocycles. The van der Waals surface area contributed by atoms with Crippen LogP contribution in [0.2, 0.25) is 0 Å². The molecule has 7 heteroatoms. The first-order valence-corrected chi connectivity index (χ1v) is 10.1. The van der Waals surface area contributed by atoms with Gasteiger partial charge in [-0.1, -0.05) is 36.4 Å². The molecule has 0 fully saturated rings. The maximum absolute atomic E-state index is 5.92. The third-order valence-corrected chi connectivity index (χ3v) is 4.34. The van der Waals surface area contributed by atoms with Crippen molar-refractivity contribution in [3.05, 3.63) is 59.7 Å². The van der Waals surface area contributed by atoms with Crippen LogP contribution >= 0.6 is 0 Å². The second-order valence-corrected chi connectivity index (χ2v) is 6.57. The Labute approximate surface area is 179 Å². The fourth-order valence-corrected chi connectivity index (χ4v) is 2.71. The van der Waals surface area contributed by atoms with Crippen LogP contribution in [0.1, 0.15) is 17.5 Å². The van der Waals surface area contributed by atoms with Crippen LogP contribution in [0.4, 0.5) is 0 Å². The zero-order chi connectivity index (χ0) is 21.4. The molecule has 0 bridgehead atoms. The molecule has 2 aromatic rings. The lowest BCUT2D eigenvalue weighted by atomic mass is 10.2. The molecule has 2 rings (SSSR count). The van der Waals surface area contributed by atoms with Crippen molar-refractivity contribution in [1.82, 2.24) is 10.6 Å². The summed E-state index contributed by atoms with van der Waals surface area (Å²) in [5, 5.41) is 6.59. The van der Waals surface area contributed by atoms with Crippen LogP contribution in [0.5, 0.6) is 11.5 Å². The molecule has 0 aliphatic rings. The third kappa shape index (κ3) is 8.71. The predicted octanol–water partition coefficient (Wildman–Crippen LogP) is 2.99. The molecule has 0 saturated carbocycles. The lowest BCUT2D eigenvalue weighted by Gasteiger charge is -2.14. The van der Waals surface area contributed by atoms with Gasteiger partial charge in [0.2, 0.25) is 0 Å². The van der Waals surface area contributed by atoms with Gasteiger partial charge in [-0.2, -0.15) is 0 Å². The molecule has 0 unspecified atom stereocenters. The molecule has 2 aromatic carbocycles. The van der Waals surface area contributed by atoms with Crippen molar-refractivity contribution in [3.63, 3.8) is 0 Å². The molecule has 164 valence electrons. The van der Waals surface area contributed by atoms with E-state index in [1.807, 2.05) is 48.5 Å². The number of rotatable bonds is 13. The zero-order valence-corrected chi connectivity index (χ0v) is 18.1. The van der Waals surface area contributed by atoms with Crippen molar-refractivity contribution in [3.8, 4) is 11.5 Å². The van der Waals surface area contributed by atoms with E-state index in [-0.39, 0.29) is 0 Å². The smallest absolute Gasteiger partial charge is 0.191 e. The minimum Gasteiger partial charge on any atom is -0.493 e. The number of nitrogens with one attached hydrogen (secondary N) is 2. The first-order valence-electron chi connectivity index (χ1n) is 10.1. The Bertz CT molecular complexity index is 753. The second kappa shape index (κ2) is 14.3. The van der Waals surface area contributed by atoms with Crippen LogP contribution in [-0.2, 0) is 22.6 Å². The summed E-state index contributed by atoms with van der Waals surface area (Å²) in [6.07, 6.45) is 0.895. The Morgan fingerprint density at radius 2 is 1.73 bits per heavy atom. The van der Waals surface area contributed by atoms with Crippen LogP contribution in [-0.4, -0.2) is 53.6 Å². The SMILES string of the molecule is CN=C(NCCCOCCOC)NCc1ccc(OCc2ccccc2)c(OC)c1. The van der Waals surface area contributed by atoms with Crippen molar-refractivity contribution in [2.75, 3.05) is 47.6 Å². The molecule has 0 aromatic heterocycles. The van der Waals surface area contributed by atoms with Gasteiger partial charge < -0.3 is 29.6 Å². The normalized spacial score (nSPS) is 11.2. The van der Waals surface area contributed by atoms with Gasteiger partial charge in [-0.25, -0.2) is 0 Å². The van der Waals surface area contributed by atoms with E-state index in [2.05, 4.69) is 15.6 Å². The predicted molar refractivity (Wildman–Crippen MR) is 119 cm³/mol. The molecule has 0 aliphatic heterocycles. The van der Waals surface area contributed by atoms with E-state index in [9.17, 15) is 0 Å². The van der Waals surface area contributed by atoms with E-state index in [1.165, 1.54) is 0 Å². The van der Waals surface area contributed by atoms with E-state index in [4.69, 9.17) is 18.9 Å². The maximum atomic E-state index is 5.92. The summed E-state index contributed by atoms with van der Waals surface area (Å²) in [5.74, 6) is 2.18. The first kappa shape index (κ1) is 23.5. The highest BCUT2D eigenvalue weighted by molar-refractivity contribution is 5.79. The van der Waals surface area contributed by atoms with Crippen LogP contribution in [0.15, 0.2) is 53.5 Å². The van der Waals surface area contributed by atoms with Gasteiger partial charge >= 0.3 is 0 Å². The minimum atomic E-state index is 0.501. The lowest BCUT2D eigenvalue weighted by molar-refractivity contribution is 0.0698. The summed E-state index contributed by atoms with van der Waals surface area (Å²) < 4.78 is 21.8. The van der Waals surface area contributed by atoms with Crippen molar-refractivity contribution < 1.29 is 18.9 Å². The summed E-state index contributed by atoms with van der Waals surface area (Å²) >= 11 is 0. The van der Waals surface area contributed by atoms with E-state index in [1.54, 1.807) is 21.3 Å². The average molecular weight is 416 g/mol. The van der Waals surface area contributed by atoms with E-state index >= 15 is 0 Å². The van der Waals surface area contributed by atoms with Gasteiger partial charge in [-0.05, 0) is 29.7 Å². The summed E-state index contributed by atoms with van der Waals surface area (Å²) in [5.41, 5.74) is 2.19. The van der Waals surface area contributed by atoms with Gasteiger partial charge in [-0.15, -0.1) is 0 Å². The van der Waals surface area contributed by atoms with Crippen LogP contribution in [0.25, 0.3) is 0 Å². The molecule has 0 atom stereocenters. The molecular weight excluding hydrogens is 382 g/mol. The highest BCUT2D eigenvalue weighted by Crippen LogP contribution is 2.28. The summed E-state index contributed by atoms with van der Waals surface area (Å²) in [6, 6.07) is 16.0. The molecule has 7 nitrogen and oxygen atoms in total. The molecule has 0 saturated heterocycles. The quantitative estimate of drug-likeness (QED) is 0.298. The molecule has 0 spiro atoms. The molecule has 0 aliphatic carbocycles. The van der Waals surface area contributed by atoms with Crippen molar-refractivity contribution in [1.29, 1.82) is 0 Å². The summed E-state index contributed by atoms with van der Waals surface area (Å²) in [4.78, 5) is 4.25. The van der Waals surface area contributed by atoms with Crippen molar-refractivity contribution in [2.24, 2.45) is 4.99 Å². The van der Waals surface area contributed by atoms with Gasteiger partial charge in [0.1, 0.15) is 6.61 Å². The van der Waals surface area contributed by atoms with E-state index in [0.717, 1.165) is 35.8 Å². The van der Waals surface area contributed by atoms with Gasteiger partial charge in [0.05, 0.1) is 20.3 Å². The molecule has 30 heavy (non-hydrogen) atoms. The topological polar surface area (TPSA) is 73.3 Å². The fraction of sp³-hybridized carbons (Fsp3) is 0.435. The maximum Gasteiger partial charge on any atom is 0.191 e. The number of methoxy groups -OCH3 is 2. The number of ether oxygens (including phenoxy) is 4. The Hall–Kier alpha value is -2.77. The Morgan fingerprint density at radius 1 is 0.900 bits per heavy atom. The Kier molecular flexibility index (Phi) is 11.2. The highest BCUT2D eigenvalue weighted by Gasteiger charge is 2.07. The van der Waals surface area contributed by atoms with Gasteiger partial charge in [0.15, 0.2) is 17.5 Å². The van der Waals surface area contributed by atoms with Crippen LogP contribution < -0.4 is 20.1 Å². The standard InChI is InChI=1S/C23H33N3O4/c1-24-23(25-12-7-13-29-15-14-27-2)26-17-20-10-11-21(22(16-20)28-3)30-18-19-8-5-4-6-9-19/h4-6,8-11,16H,7,12-15,17-18H2,1-3H3,(H2,24,25,26). The highest BCUT2D eigenvalue weighted by atomic mass is 16.5. The van der Waals surface area contributed by atoms with E-state index in [0.29, 0.717) is 38.7 Å². The molecule has 0 radical (unpaired) electrons. The number of nitrogens with zero attached hydrogens (tertiary/aromatic N) is 1. The summed E-state index contributed by atoms with van der Waals surface area (Å²) in [6.45, 7) is 3.84. The number of aliphatic imine (C=N–C) groups is 1. The van der Waals surface area contributed by atoms with Gasteiger partial charge in [0.25, 0.3) is 0 Å².